The number of halogens is 1. The third kappa shape index (κ3) is 2.52. The second kappa shape index (κ2) is 4.74. The molecule has 0 aliphatic carbocycles. The van der Waals surface area contributed by atoms with Crippen molar-refractivity contribution in [2.45, 2.75) is 0 Å². The van der Waals surface area contributed by atoms with E-state index < -0.39 is 0 Å². The number of alkyl halides is 1. The molecule has 0 amide bonds. The van der Waals surface area contributed by atoms with Crippen LogP contribution in [0.4, 0.5) is 0 Å². The molecule has 0 aliphatic rings. The van der Waals surface area contributed by atoms with Gasteiger partial charge in [0.25, 0.3) is 0 Å². The molecule has 2 heteroatoms. The Balaban J connectivity index is 2.88. The number of allylic oxidation sites excluding steroid dienone is 1. The molecule has 1 nitrogen and oxygen atoms in total. The molecule has 0 bridgehead atoms. The predicted molar refractivity (Wildman–Crippen MR) is 53.8 cm³/mol. The Hall–Kier alpha value is -1.07. The maximum Gasteiger partial charge on any atom is 0.0956 e. The number of hydrogen-bond acceptors (Lipinski definition) is 1. The average molecular weight is 222 g/mol. The van der Waals surface area contributed by atoms with Crippen LogP contribution in [0.5, 0.6) is 0 Å². The van der Waals surface area contributed by atoms with Crippen LogP contribution in [0.25, 0.3) is 6.08 Å². The average Bonchev–Trinajstić information content (AvgIpc) is 2.16. The van der Waals surface area contributed by atoms with Crippen LogP contribution in [0.3, 0.4) is 0 Å². The van der Waals surface area contributed by atoms with Crippen LogP contribution in [0.15, 0.2) is 35.9 Å². The van der Waals surface area contributed by atoms with Crippen molar-refractivity contribution in [2.24, 2.45) is 0 Å². The van der Waals surface area contributed by atoms with Gasteiger partial charge in [0.1, 0.15) is 0 Å². The van der Waals surface area contributed by atoms with Crippen molar-refractivity contribution in [3.05, 3.63) is 41.5 Å². The molecule has 0 heterocycles. The summed E-state index contributed by atoms with van der Waals surface area (Å²) in [6.45, 7) is 0. The van der Waals surface area contributed by atoms with E-state index in [9.17, 15) is 0 Å². The highest BCUT2D eigenvalue weighted by atomic mass is 79.9. The molecule has 0 spiro atoms. The molecule has 0 atom stereocenters. The number of hydrogen-bond donors (Lipinski definition) is 0. The summed E-state index contributed by atoms with van der Waals surface area (Å²) < 4.78 is 0. The molecule has 0 unspecified atom stereocenters. The molecule has 0 fully saturated rings. The van der Waals surface area contributed by atoms with E-state index in [0.717, 1.165) is 11.1 Å². The fourth-order valence-electron chi connectivity index (χ4n) is 0.851. The summed E-state index contributed by atoms with van der Waals surface area (Å²) >= 11 is 3.24. The zero-order valence-electron chi connectivity index (χ0n) is 6.50. The van der Waals surface area contributed by atoms with Gasteiger partial charge in [0.05, 0.1) is 6.07 Å². The number of rotatable bonds is 2. The quantitative estimate of drug-likeness (QED) is 0.557. The summed E-state index contributed by atoms with van der Waals surface area (Å²) in [5.41, 5.74) is 1.80. The van der Waals surface area contributed by atoms with Crippen molar-refractivity contribution in [3.8, 4) is 6.07 Å². The molecular formula is C10H8BrN. The first-order valence-corrected chi connectivity index (χ1v) is 4.70. The summed E-state index contributed by atoms with van der Waals surface area (Å²) in [5.74, 6) is 0. The predicted octanol–water partition coefficient (Wildman–Crippen LogP) is 2.99. The highest BCUT2D eigenvalue weighted by Crippen LogP contribution is 2.07. The van der Waals surface area contributed by atoms with Gasteiger partial charge in [0.2, 0.25) is 0 Å². The molecular weight excluding hydrogens is 214 g/mol. The molecule has 0 aliphatic heterocycles. The Kier molecular flexibility index (Phi) is 3.56. The lowest BCUT2D eigenvalue weighted by molar-refractivity contribution is 1.47. The normalized spacial score (nSPS) is 10.8. The van der Waals surface area contributed by atoms with Gasteiger partial charge in [0, 0.05) is 10.9 Å². The van der Waals surface area contributed by atoms with Crippen molar-refractivity contribution in [2.75, 3.05) is 5.33 Å². The van der Waals surface area contributed by atoms with Gasteiger partial charge in [-0.05, 0) is 11.6 Å². The summed E-state index contributed by atoms with van der Waals surface area (Å²) in [7, 11) is 0. The maximum atomic E-state index is 8.64. The smallest absolute Gasteiger partial charge is 0.0956 e. The highest BCUT2D eigenvalue weighted by Gasteiger charge is 1.91. The number of benzene rings is 1. The molecule has 0 radical (unpaired) electrons. The molecule has 0 saturated carbocycles. The lowest BCUT2D eigenvalue weighted by atomic mass is 10.1. The molecule has 1 rings (SSSR count). The van der Waals surface area contributed by atoms with Crippen molar-refractivity contribution < 1.29 is 0 Å². The second-order valence-corrected chi connectivity index (χ2v) is 2.89. The van der Waals surface area contributed by atoms with Crippen molar-refractivity contribution in [1.29, 1.82) is 5.26 Å². The van der Waals surface area contributed by atoms with E-state index in [1.54, 1.807) is 0 Å². The Morgan fingerprint density at radius 3 is 2.58 bits per heavy atom. The molecule has 0 saturated heterocycles. The van der Waals surface area contributed by atoms with E-state index in [2.05, 4.69) is 22.0 Å². The van der Waals surface area contributed by atoms with Crippen molar-refractivity contribution >= 4 is 22.0 Å². The summed E-state index contributed by atoms with van der Waals surface area (Å²) in [6.07, 6.45) is 1.87. The minimum atomic E-state index is 0.610. The van der Waals surface area contributed by atoms with Gasteiger partial charge in [-0.25, -0.2) is 0 Å². The van der Waals surface area contributed by atoms with E-state index in [1.165, 1.54) is 0 Å². The van der Waals surface area contributed by atoms with Crippen LogP contribution < -0.4 is 0 Å². The van der Waals surface area contributed by atoms with Gasteiger partial charge in [-0.2, -0.15) is 5.26 Å². The lowest BCUT2D eigenvalue weighted by Crippen LogP contribution is -1.78. The zero-order chi connectivity index (χ0) is 8.81. The minimum absolute atomic E-state index is 0.610. The topological polar surface area (TPSA) is 23.8 Å². The standard InChI is InChI=1S/C10H8BrN/c11-7-10(8-12)6-9-4-2-1-3-5-9/h1-6H,7H2/b10-6-. The van der Waals surface area contributed by atoms with Gasteiger partial charge >= 0.3 is 0 Å². The third-order valence-corrected chi connectivity index (χ3v) is 2.03. The van der Waals surface area contributed by atoms with E-state index in [0.29, 0.717) is 5.33 Å². The van der Waals surface area contributed by atoms with Crippen molar-refractivity contribution in [1.82, 2.24) is 0 Å². The van der Waals surface area contributed by atoms with E-state index in [1.807, 2.05) is 36.4 Å². The Labute approximate surface area is 80.5 Å². The van der Waals surface area contributed by atoms with Crippen molar-refractivity contribution in [3.63, 3.8) is 0 Å². The fourth-order valence-corrected chi connectivity index (χ4v) is 1.14. The van der Waals surface area contributed by atoms with E-state index in [4.69, 9.17) is 5.26 Å². The lowest BCUT2D eigenvalue weighted by Gasteiger charge is -1.92. The second-order valence-electron chi connectivity index (χ2n) is 2.33. The van der Waals surface area contributed by atoms with Crippen LogP contribution in [0.2, 0.25) is 0 Å². The molecule has 60 valence electrons. The van der Waals surface area contributed by atoms with Crippen LogP contribution in [0.1, 0.15) is 5.56 Å². The number of nitrogens with zero attached hydrogens (tertiary/aromatic N) is 1. The first-order valence-electron chi connectivity index (χ1n) is 3.58. The largest absolute Gasteiger partial charge is 0.193 e. The van der Waals surface area contributed by atoms with Gasteiger partial charge in [-0.3, -0.25) is 0 Å². The SMILES string of the molecule is N#C/C(=C\c1ccccc1)CBr. The Morgan fingerprint density at radius 1 is 1.42 bits per heavy atom. The van der Waals surface area contributed by atoms with Crippen LogP contribution in [0, 0.1) is 11.3 Å². The summed E-state index contributed by atoms with van der Waals surface area (Å²) in [5, 5.41) is 9.25. The summed E-state index contributed by atoms with van der Waals surface area (Å²) in [6, 6.07) is 11.9. The minimum Gasteiger partial charge on any atom is -0.193 e. The van der Waals surface area contributed by atoms with Gasteiger partial charge < -0.3 is 0 Å². The molecule has 12 heavy (non-hydrogen) atoms. The summed E-state index contributed by atoms with van der Waals surface area (Å²) in [4.78, 5) is 0. The maximum absolute atomic E-state index is 8.64. The van der Waals surface area contributed by atoms with Crippen LogP contribution >= 0.6 is 15.9 Å². The Bertz CT molecular complexity index is 308. The fraction of sp³-hybridized carbons (Fsp3) is 0.100. The Morgan fingerprint density at radius 2 is 2.08 bits per heavy atom. The van der Waals surface area contributed by atoms with Gasteiger partial charge in [0.15, 0.2) is 0 Å². The molecule has 0 aromatic heterocycles. The van der Waals surface area contributed by atoms with Crippen LogP contribution in [-0.4, -0.2) is 5.33 Å². The molecule has 0 N–H and O–H groups in total. The molecule has 1 aromatic carbocycles. The first kappa shape index (κ1) is 9.02. The van der Waals surface area contributed by atoms with Gasteiger partial charge in [-0.15, -0.1) is 0 Å². The zero-order valence-corrected chi connectivity index (χ0v) is 8.08. The number of nitriles is 1. The highest BCUT2D eigenvalue weighted by molar-refractivity contribution is 9.09. The first-order chi connectivity index (χ1) is 5.86. The van der Waals surface area contributed by atoms with Gasteiger partial charge in [-0.1, -0.05) is 46.3 Å². The van der Waals surface area contributed by atoms with E-state index >= 15 is 0 Å². The molecule has 1 aromatic rings. The van der Waals surface area contributed by atoms with E-state index in [-0.39, 0.29) is 0 Å². The third-order valence-electron chi connectivity index (χ3n) is 1.43. The monoisotopic (exact) mass is 221 g/mol. The van der Waals surface area contributed by atoms with Crippen LogP contribution in [-0.2, 0) is 0 Å².